The average Bonchev–Trinajstić information content (AvgIpc) is 2.75. The van der Waals surface area contributed by atoms with Crippen molar-refractivity contribution in [1.29, 1.82) is 0 Å². The molecule has 0 saturated heterocycles. The zero-order chi connectivity index (χ0) is 14.0. The maximum absolute atomic E-state index is 11.6. The molecule has 6 nitrogen and oxygen atoms in total. The number of aromatic nitrogens is 2. The number of aromatic carboxylic acids is 1. The Kier molecular flexibility index (Phi) is 3.50. The lowest BCUT2D eigenvalue weighted by molar-refractivity contribution is -0.128. The Balaban J connectivity index is 2.33. The number of hydrogen-bond donors (Lipinski definition) is 1. The van der Waals surface area contributed by atoms with E-state index >= 15 is 0 Å². The smallest absolute Gasteiger partial charge is 0.357 e. The molecule has 0 atom stereocenters. The number of nitrogens with zero attached hydrogens (tertiary/aromatic N) is 3. The Labute approximate surface area is 110 Å². The summed E-state index contributed by atoms with van der Waals surface area (Å²) in [5.41, 5.74) is 0.749. The molecule has 0 fully saturated rings. The van der Waals surface area contributed by atoms with Gasteiger partial charge in [-0.3, -0.25) is 9.48 Å². The normalized spacial score (nSPS) is 10.6. The minimum atomic E-state index is -1.06. The standard InChI is InChI=1S/C13H15N3O3/c1-15(2)11(17)7-8-16-10-6-4-3-5-9(10)12(14-16)13(18)19/h3-6H,7-8H2,1-2H3,(H,18,19). The lowest BCUT2D eigenvalue weighted by Gasteiger charge is -2.10. The van der Waals surface area contributed by atoms with Crippen LogP contribution in [0.3, 0.4) is 0 Å². The molecule has 0 bridgehead atoms. The number of amides is 1. The van der Waals surface area contributed by atoms with Crippen molar-refractivity contribution in [1.82, 2.24) is 14.7 Å². The number of benzene rings is 1. The first kappa shape index (κ1) is 13.1. The summed E-state index contributed by atoms with van der Waals surface area (Å²) < 4.78 is 1.57. The first-order chi connectivity index (χ1) is 9.00. The van der Waals surface area contributed by atoms with Gasteiger partial charge in [0, 0.05) is 25.9 Å². The molecule has 6 heteroatoms. The van der Waals surface area contributed by atoms with E-state index in [0.717, 1.165) is 5.52 Å². The monoisotopic (exact) mass is 261 g/mol. The Morgan fingerprint density at radius 2 is 2.00 bits per heavy atom. The number of carboxylic acids is 1. The van der Waals surface area contributed by atoms with Crippen LogP contribution in [0, 0.1) is 0 Å². The van der Waals surface area contributed by atoms with E-state index in [1.807, 2.05) is 6.07 Å². The van der Waals surface area contributed by atoms with Gasteiger partial charge in [-0.05, 0) is 6.07 Å². The van der Waals surface area contributed by atoms with Crippen LogP contribution in [0.25, 0.3) is 10.9 Å². The zero-order valence-corrected chi connectivity index (χ0v) is 10.8. The second-order valence-corrected chi connectivity index (χ2v) is 4.43. The van der Waals surface area contributed by atoms with Crippen LogP contribution in [-0.2, 0) is 11.3 Å². The summed E-state index contributed by atoms with van der Waals surface area (Å²) in [6.07, 6.45) is 0.289. The van der Waals surface area contributed by atoms with Crippen molar-refractivity contribution >= 4 is 22.8 Å². The SMILES string of the molecule is CN(C)C(=O)CCn1nc(C(=O)O)c2ccccc21. The maximum Gasteiger partial charge on any atom is 0.357 e. The van der Waals surface area contributed by atoms with Crippen molar-refractivity contribution in [2.75, 3.05) is 14.1 Å². The Hall–Kier alpha value is -2.37. The van der Waals surface area contributed by atoms with E-state index in [4.69, 9.17) is 5.11 Å². The van der Waals surface area contributed by atoms with Crippen LogP contribution < -0.4 is 0 Å². The van der Waals surface area contributed by atoms with Gasteiger partial charge in [0.1, 0.15) is 0 Å². The molecular formula is C13H15N3O3. The van der Waals surface area contributed by atoms with Crippen LogP contribution in [0.4, 0.5) is 0 Å². The second kappa shape index (κ2) is 5.09. The van der Waals surface area contributed by atoms with Crippen LogP contribution in [0.2, 0.25) is 0 Å². The van der Waals surface area contributed by atoms with Gasteiger partial charge in [-0.2, -0.15) is 5.10 Å². The first-order valence-corrected chi connectivity index (χ1v) is 5.89. The molecule has 0 spiro atoms. The van der Waals surface area contributed by atoms with E-state index in [2.05, 4.69) is 5.10 Å². The molecule has 2 rings (SSSR count). The van der Waals surface area contributed by atoms with Crippen molar-refractivity contribution in [3.63, 3.8) is 0 Å². The number of carbonyl (C=O) groups excluding carboxylic acids is 1. The molecule has 1 amide bonds. The summed E-state index contributed by atoms with van der Waals surface area (Å²) in [4.78, 5) is 24.2. The number of carboxylic acid groups (broad SMARTS) is 1. The van der Waals surface area contributed by atoms with Crippen LogP contribution in [0.1, 0.15) is 16.9 Å². The van der Waals surface area contributed by atoms with Gasteiger partial charge >= 0.3 is 5.97 Å². The Bertz CT molecular complexity index is 631. The highest BCUT2D eigenvalue weighted by Gasteiger charge is 2.16. The molecule has 0 aliphatic rings. The third-order valence-corrected chi connectivity index (χ3v) is 2.90. The highest BCUT2D eigenvalue weighted by Crippen LogP contribution is 2.18. The molecular weight excluding hydrogens is 246 g/mol. The van der Waals surface area contributed by atoms with Gasteiger partial charge in [0.15, 0.2) is 5.69 Å². The fourth-order valence-corrected chi connectivity index (χ4v) is 1.88. The molecule has 2 aromatic rings. The van der Waals surface area contributed by atoms with E-state index in [-0.39, 0.29) is 18.0 Å². The summed E-state index contributed by atoms with van der Waals surface area (Å²) in [7, 11) is 3.37. The number of rotatable bonds is 4. The van der Waals surface area contributed by atoms with Gasteiger partial charge in [0.05, 0.1) is 12.1 Å². The number of aryl methyl sites for hydroxylation is 1. The average molecular weight is 261 g/mol. The van der Waals surface area contributed by atoms with Gasteiger partial charge in [0.2, 0.25) is 5.91 Å². The van der Waals surface area contributed by atoms with Crippen molar-refractivity contribution < 1.29 is 14.7 Å². The fraction of sp³-hybridized carbons (Fsp3) is 0.308. The summed E-state index contributed by atoms with van der Waals surface area (Å²) in [6.45, 7) is 0.366. The number of carbonyl (C=O) groups is 2. The Morgan fingerprint density at radius 1 is 1.32 bits per heavy atom. The third kappa shape index (κ3) is 2.57. The van der Waals surface area contributed by atoms with Crippen molar-refractivity contribution in [3.05, 3.63) is 30.0 Å². The van der Waals surface area contributed by atoms with Crippen molar-refractivity contribution in [2.45, 2.75) is 13.0 Å². The van der Waals surface area contributed by atoms with Gasteiger partial charge in [0.25, 0.3) is 0 Å². The maximum atomic E-state index is 11.6. The molecule has 1 N–H and O–H groups in total. The summed E-state index contributed by atoms with van der Waals surface area (Å²) in [6, 6.07) is 7.11. The zero-order valence-electron chi connectivity index (χ0n) is 10.8. The molecule has 0 aliphatic carbocycles. The lowest BCUT2D eigenvalue weighted by atomic mass is 10.2. The minimum Gasteiger partial charge on any atom is -0.476 e. The number of fused-ring (bicyclic) bond motifs is 1. The molecule has 0 radical (unpaired) electrons. The predicted molar refractivity (Wildman–Crippen MR) is 70.0 cm³/mol. The lowest BCUT2D eigenvalue weighted by Crippen LogP contribution is -2.23. The largest absolute Gasteiger partial charge is 0.476 e. The van der Waals surface area contributed by atoms with Gasteiger partial charge in [-0.15, -0.1) is 0 Å². The van der Waals surface area contributed by atoms with Gasteiger partial charge < -0.3 is 10.0 Å². The van der Waals surface area contributed by atoms with Crippen LogP contribution >= 0.6 is 0 Å². The molecule has 1 heterocycles. The predicted octanol–water partition coefficient (Wildman–Crippen LogP) is 1.21. The van der Waals surface area contributed by atoms with Crippen LogP contribution in [0.15, 0.2) is 24.3 Å². The number of para-hydroxylation sites is 1. The topological polar surface area (TPSA) is 75.4 Å². The van der Waals surface area contributed by atoms with Crippen molar-refractivity contribution in [2.24, 2.45) is 0 Å². The first-order valence-electron chi connectivity index (χ1n) is 5.89. The quantitative estimate of drug-likeness (QED) is 0.897. The molecule has 19 heavy (non-hydrogen) atoms. The van der Waals surface area contributed by atoms with Crippen LogP contribution in [-0.4, -0.2) is 45.8 Å². The van der Waals surface area contributed by atoms with E-state index in [0.29, 0.717) is 11.9 Å². The van der Waals surface area contributed by atoms with Gasteiger partial charge in [-0.1, -0.05) is 18.2 Å². The van der Waals surface area contributed by atoms with E-state index in [9.17, 15) is 9.59 Å². The highest BCUT2D eigenvalue weighted by molar-refractivity contribution is 6.01. The molecule has 1 aromatic carbocycles. The fourth-order valence-electron chi connectivity index (χ4n) is 1.88. The van der Waals surface area contributed by atoms with Crippen LogP contribution in [0.5, 0.6) is 0 Å². The summed E-state index contributed by atoms with van der Waals surface area (Å²) >= 11 is 0. The van der Waals surface area contributed by atoms with Crippen molar-refractivity contribution in [3.8, 4) is 0 Å². The summed E-state index contributed by atoms with van der Waals surface area (Å²) in [5, 5.41) is 13.8. The third-order valence-electron chi connectivity index (χ3n) is 2.90. The Morgan fingerprint density at radius 3 is 2.63 bits per heavy atom. The molecule has 0 unspecified atom stereocenters. The summed E-state index contributed by atoms with van der Waals surface area (Å²) in [5.74, 6) is -1.08. The van der Waals surface area contributed by atoms with E-state index < -0.39 is 5.97 Å². The molecule has 100 valence electrons. The van der Waals surface area contributed by atoms with E-state index in [1.54, 1.807) is 37.0 Å². The highest BCUT2D eigenvalue weighted by atomic mass is 16.4. The van der Waals surface area contributed by atoms with E-state index in [1.165, 1.54) is 4.90 Å². The van der Waals surface area contributed by atoms with Gasteiger partial charge in [-0.25, -0.2) is 4.79 Å². The second-order valence-electron chi connectivity index (χ2n) is 4.43. The molecule has 1 aromatic heterocycles. The molecule has 0 saturated carbocycles. The number of hydrogen-bond acceptors (Lipinski definition) is 3. The molecule has 0 aliphatic heterocycles. The minimum absolute atomic E-state index is 0.0172.